The molecule has 0 unspecified atom stereocenters. The molecule has 0 bridgehead atoms. The van der Waals surface area contributed by atoms with E-state index < -0.39 is 0 Å². The molecule has 0 aromatic heterocycles. The Bertz CT molecular complexity index is 30.6. The highest BCUT2D eigenvalue weighted by atomic mass is 19.1. The highest BCUT2D eigenvalue weighted by molar-refractivity contribution is 4.67. The molecule has 0 aromatic carbocycles. The number of hydrogen-bond donors (Lipinski definition) is 0. The van der Waals surface area contributed by atoms with Crippen molar-refractivity contribution in [3.05, 3.63) is 12.4 Å². The Morgan fingerprint density at radius 3 is 2.40 bits per heavy atom. The summed E-state index contributed by atoms with van der Waals surface area (Å²) in [7, 11) is 0. The highest BCUT2D eigenvalue weighted by Gasteiger charge is 1.55. The summed E-state index contributed by atoms with van der Waals surface area (Å²) in [5, 5.41) is 0. The fourth-order valence-electron chi connectivity index (χ4n) is 0.0891. The summed E-state index contributed by atoms with van der Waals surface area (Å²) < 4.78 is 10.8. The van der Waals surface area contributed by atoms with Gasteiger partial charge in [-0.05, 0) is 6.42 Å². The van der Waals surface area contributed by atoms with Gasteiger partial charge in [0.25, 0.3) is 0 Å². The summed E-state index contributed by atoms with van der Waals surface area (Å²) >= 11 is 0. The second kappa shape index (κ2) is 3.67. The molecule has 0 fully saturated rings. The van der Waals surface area contributed by atoms with E-state index >= 15 is 0 Å². The Balaban J connectivity index is 2.62. The normalized spacial score (nSPS) is 10.0. The molecule has 0 saturated carbocycles. The van der Waals surface area contributed by atoms with E-state index in [2.05, 4.69) is 0 Å². The average molecular weight is 74.1 g/mol. The molecule has 0 aromatic rings. The standard InChI is InChI=1S/C4H7F/c1-2-3-4-5/h3-4H,2H2,1H3/b4-3+. The van der Waals surface area contributed by atoms with E-state index in [4.69, 9.17) is 0 Å². The molecule has 0 aliphatic carbocycles. The van der Waals surface area contributed by atoms with Gasteiger partial charge in [-0.3, -0.25) is 0 Å². The maximum absolute atomic E-state index is 10.8. The van der Waals surface area contributed by atoms with Gasteiger partial charge in [0.15, 0.2) is 0 Å². The summed E-state index contributed by atoms with van der Waals surface area (Å²) in [6, 6.07) is 0. The molecule has 0 aliphatic rings. The van der Waals surface area contributed by atoms with Gasteiger partial charge in [-0.1, -0.05) is 13.0 Å². The Labute approximate surface area is 31.3 Å². The number of rotatable bonds is 1. The maximum atomic E-state index is 10.8. The van der Waals surface area contributed by atoms with Crippen LogP contribution < -0.4 is 0 Å². The molecule has 0 nitrogen and oxygen atoms in total. The molecule has 0 amide bonds. The third-order valence-electron chi connectivity index (χ3n) is 0.325. The van der Waals surface area contributed by atoms with E-state index in [1.54, 1.807) is 0 Å². The second-order valence-electron chi connectivity index (χ2n) is 0.770. The van der Waals surface area contributed by atoms with Gasteiger partial charge in [0.05, 0.1) is 6.33 Å². The van der Waals surface area contributed by atoms with E-state index in [1.807, 2.05) is 6.92 Å². The van der Waals surface area contributed by atoms with Crippen LogP contribution in [0.3, 0.4) is 0 Å². The molecular weight excluding hydrogens is 67.0 g/mol. The molecule has 0 rings (SSSR count). The number of halogens is 1. The zero-order valence-corrected chi connectivity index (χ0v) is 3.24. The van der Waals surface area contributed by atoms with Crippen LogP contribution in [0, 0.1) is 0 Å². The SMILES string of the molecule is CC/C=C/F. The molecule has 0 saturated heterocycles. The van der Waals surface area contributed by atoms with Gasteiger partial charge in [0.2, 0.25) is 0 Å². The lowest BCUT2D eigenvalue weighted by molar-refractivity contribution is 0.715. The predicted octanol–water partition coefficient (Wildman–Crippen LogP) is 1.88. The first kappa shape index (κ1) is 4.67. The van der Waals surface area contributed by atoms with Gasteiger partial charge in [-0.15, -0.1) is 0 Å². The molecule has 0 spiro atoms. The first-order valence-electron chi connectivity index (χ1n) is 1.67. The van der Waals surface area contributed by atoms with Gasteiger partial charge >= 0.3 is 0 Å². The molecule has 0 radical (unpaired) electrons. The predicted molar refractivity (Wildman–Crippen MR) is 20.5 cm³/mol. The van der Waals surface area contributed by atoms with Gasteiger partial charge in [-0.25, -0.2) is 4.39 Å². The summed E-state index contributed by atoms with van der Waals surface area (Å²) in [6.07, 6.45) is 2.80. The van der Waals surface area contributed by atoms with Gasteiger partial charge in [0, 0.05) is 0 Å². The Morgan fingerprint density at radius 1 is 1.80 bits per heavy atom. The van der Waals surface area contributed by atoms with E-state index in [0.29, 0.717) is 6.33 Å². The third kappa shape index (κ3) is 3.67. The zero-order valence-electron chi connectivity index (χ0n) is 3.24. The van der Waals surface area contributed by atoms with Crippen molar-refractivity contribution in [2.75, 3.05) is 0 Å². The van der Waals surface area contributed by atoms with Crippen LogP contribution in [-0.2, 0) is 0 Å². The van der Waals surface area contributed by atoms with E-state index in [1.165, 1.54) is 6.08 Å². The van der Waals surface area contributed by atoms with E-state index in [0.717, 1.165) is 6.42 Å². The molecule has 0 atom stereocenters. The Hall–Kier alpha value is -0.330. The monoisotopic (exact) mass is 74.1 g/mol. The molecule has 0 heterocycles. The summed E-state index contributed by atoms with van der Waals surface area (Å²) in [4.78, 5) is 0. The molecule has 0 aliphatic heterocycles. The lowest BCUT2D eigenvalue weighted by atomic mass is 10.5. The first-order valence-corrected chi connectivity index (χ1v) is 1.67. The van der Waals surface area contributed by atoms with Crippen molar-refractivity contribution in [2.24, 2.45) is 0 Å². The highest BCUT2D eigenvalue weighted by Crippen LogP contribution is 1.76. The van der Waals surface area contributed by atoms with Crippen molar-refractivity contribution in [3.8, 4) is 0 Å². The van der Waals surface area contributed by atoms with Crippen molar-refractivity contribution < 1.29 is 4.39 Å². The topological polar surface area (TPSA) is 0 Å². The van der Waals surface area contributed by atoms with Crippen LogP contribution in [0.25, 0.3) is 0 Å². The van der Waals surface area contributed by atoms with E-state index in [9.17, 15) is 4.39 Å². The van der Waals surface area contributed by atoms with Crippen molar-refractivity contribution in [3.63, 3.8) is 0 Å². The van der Waals surface area contributed by atoms with Crippen LogP contribution in [0.15, 0.2) is 12.4 Å². The third-order valence-corrected chi connectivity index (χ3v) is 0.325. The summed E-state index contributed by atoms with van der Waals surface area (Å²) in [5.74, 6) is 0. The molecule has 0 N–H and O–H groups in total. The van der Waals surface area contributed by atoms with Crippen LogP contribution in [-0.4, -0.2) is 0 Å². The molecular formula is C4H7F. The summed E-state index contributed by atoms with van der Waals surface area (Å²) in [5.41, 5.74) is 0. The fraction of sp³-hybridized carbons (Fsp3) is 0.500. The minimum atomic E-state index is 0.556. The summed E-state index contributed by atoms with van der Waals surface area (Å²) in [6.45, 7) is 1.88. The fourth-order valence-corrected chi connectivity index (χ4v) is 0.0891. The largest absolute Gasteiger partial charge is 0.216 e. The quantitative estimate of drug-likeness (QED) is 0.445. The number of hydrogen-bond acceptors (Lipinski definition) is 0. The minimum Gasteiger partial charge on any atom is -0.216 e. The van der Waals surface area contributed by atoms with E-state index in [-0.39, 0.29) is 0 Å². The zero-order chi connectivity index (χ0) is 4.12. The number of allylic oxidation sites excluding steroid dienone is 1. The molecule has 30 valence electrons. The second-order valence-corrected chi connectivity index (χ2v) is 0.770. The Kier molecular flexibility index (Phi) is 3.43. The first-order chi connectivity index (χ1) is 2.41. The minimum absolute atomic E-state index is 0.556. The average Bonchev–Trinajstić information content (AvgIpc) is 1.41. The van der Waals surface area contributed by atoms with Crippen molar-refractivity contribution in [1.29, 1.82) is 0 Å². The molecule has 5 heavy (non-hydrogen) atoms. The van der Waals surface area contributed by atoms with Gasteiger partial charge in [0.1, 0.15) is 0 Å². The van der Waals surface area contributed by atoms with Gasteiger partial charge in [-0.2, -0.15) is 0 Å². The maximum Gasteiger partial charge on any atom is 0.0826 e. The lowest BCUT2D eigenvalue weighted by Crippen LogP contribution is -1.42. The van der Waals surface area contributed by atoms with Crippen LogP contribution in [0.1, 0.15) is 13.3 Å². The Morgan fingerprint density at radius 2 is 2.40 bits per heavy atom. The van der Waals surface area contributed by atoms with Crippen molar-refractivity contribution in [1.82, 2.24) is 0 Å². The lowest BCUT2D eigenvalue weighted by Gasteiger charge is -1.62. The van der Waals surface area contributed by atoms with Crippen molar-refractivity contribution in [2.45, 2.75) is 13.3 Å². The van der Waals surface area contributed by atoms with Gasteiger partial charge < -0.3 is 0 Å². The van der Waals surface area contributed by atoms with Crippen LogP contribution in [0.4, 0.5) is 4.39 Å². The molecule has 1 heteroatoms. The van der Waals surface area contributed by atoms with Crippen LogP contribution in [0.5, 0.6) is 0 Å². The van der Waals surface area contributed by atoms with Crippen LogP contribution in [0.2, 0.25) is 0 Å². The van der Waals surface area contributed by atoms with Crippen molar-refractivity contribution >= 4 is 0 Å². The smallest absolute Gasteiger partial charge is 0.0826 e. The van der Waals surface area contributed by atoms with Crippen LogP contribution >= 0.6 is 0 Å².